The third-order valence-electron chi connectivity index (χ3n) is 4.86. The van der Waals surface area contributed by atoms with Crippen LogP contribution in [0.15, 0.2) is 12.2 Å². The topological polar surface area (TPSA) is 69.6 Å². The highest BCUT2D eigenvalue weighted by Gasteiger charge is 2.25. The molecule has 0 heterocycles. The first-order chi connectivity index (χ1) is 12.8. The van der Waals surface area contributed by atoms with Crippen LogP contribution in [0.3, 0.4) is 0 Å². The second-order valence-electron chi connectivity index (χ2n) is 9.06. The average Bonchev–Trinajstić information content (AvgIpc) is 2.56. The molecule has 3 N–H and O–H groups in total. The zero-order chi connectivity index (χ0) is 20.5. The van der Waals surface area contributed by atoms with Gasteiger partial charge in [-0.05, 0) is 24.7 Å². The standard InChI is InChI=1S/C23H45NO3/c1-5-6-7-8-9-10-11-12-13-14-15-16-17-18-21(25)20(24-22(26)27)19-23(2,3)4/h17-18,20-21,24-25H,5-16,19H2,1-4H3,(H,26,27)/t20?,21-/m0/s1. The SMILES string of the molecule is CCCCCCCCCCCCCC=C[C@H](O)C(CC(C)(C)C)NC(=O)O. The lowest BCUT2D eigenvalue weighted by molar-refractivity contribution is 0.129. The summed E-state index contributed by atoms with van der Waals surface area (Å²) in [5.74, 6) is 0. The molecule has 160 valence electrons. The third-order valence-corrected chi connectivity index (χ3v) is 4.86. The maximum Gasteiger partial charge on any atom is 0.404 e. The van der Waals surface area contributed by atoms with Gasteiger partial charge in [0.1, 0.15) is 0 Å². The predicted molar refractivity (Wildman–Crippen MR) is 115 cm³/mol. The number of rotatable bonds is 16. The zero-order valence-electron chi connectivity index (χ0n) is 18.3. The van der Waals surface area contributed by atoms with E-state index in [-0.39, 0.29) is 5.41 Å². The minimum absolute atomic E-state index is 0.0437. The summed E-state index contributed by atoms with van der Waals surface area (Å²) in [6, 6.07) is -0.462. The normalized spacial score (nSPS) is 14.4. The first kappa shape index (κ1) is 26.0. The number of carbonyl (C=O) groups is 1. The van der Waals surface area contributed by atoms with Gasteiger partial charge in [-0.3, -0.25) is 0 Å². The molecule has 4 nitrogen and oxygen atoms in total. The molecule has 0 saturated heterocycles. The van der Waals surface area contributed by atoms with Crippen molar-refractivity contribution in [3.8, 4) is 0 Å². The van der Waals surface area contributed by atoms with E-state index in [1.165, 1.54) is 64.2 Å². The van der Waals surface area contributed by atoms with Crippen molar-refractivity contribution in [3.05, 3.63) is 12.2 Å². The summed E-state index contributed by atoms with van der Waals surface area (Å²) in [7, 11) is 0. The summed E-state index contributed by atoms with van der Waals surface area (Å²) in [5, 5.41) is 21.7. The lowest BCUT2D eigenvalue weighted by atomic mass is 9.86. The molecule has 0 rings (SSSR count). The van der Waals surface area contributed by atoms with Gasteiger partial charge < -0.3 is 15.5 Å². The Morgan fingerprint density at radius 3 is 1.85 bits per heavy atom. The van der Waals surface area contributed by atoms with E-state index in [1.807, 2.05) is 26.8 Å². The number of allylic oxidation sites excluding steroid dienone is 1. The predicted octanol–water partition coefficient (Wildman–Crippen LogP) is 6.68. The molecule has 0 aromatic rings. The van der Waals surface area contributed by atoms with Gasteiger partial charge in [0.15, 0.2) is 0 Å². The third kappa shape index (κ3) is 18.1. The van der Waals surface area contributed by atoms with E-state index < -0.39 is 18.2 Å². The fourth-order valence-corrected chi connectivity index (χ4v) is 3.37. The van der Waals surface area contributed by atoms with Crippen LogP contribution in [0.1, 0.15) is 111 Å². The molecular formula is C23H45NO3. The van der Waals surface area contributed by atoms with Crippen molar-refractivity contribution in [2.75, 3.05) is 0 Å². The van der Waals surface area contributed by atoms with E-state index in [1.54, 1.807) is 6.08 Å². The van der Waals surface area contributed by atoms with Crippen LogP contribution in [0.4, 0.5) is 4.79 Å². The van der Waals surface area contributed by atoms with E-state index in [4.69, 9.17) is 5.11 Å². The fourth-order valence-electron chi connectivity index (χ4n) is 3.37. The largest absolute Gasteiger partial charge is 0.465 e. The maximum absolute atomic E-state index is 10.9. The number of aliphatic hydroxyl groups excluding tert-OH is 1. The number of hydrogen-bond donors (Lipinski definition) is 3. The molecule has 0 aliphatic heterocycles. The molecule has 1 unspecified atom stereocenters. The lowest BCUT2D eigenvalue weighted by Gasteiger charge is -2.28. The molecule has 0 aromatic heterocycles. The van der Waals surface area contributed by atoms with Gasteiger partial charge in [-0.15, -0.1) is 0 Å². The monoisotopic (exact) mass is 383 g/mol. The Morgan fingerprint density at radius 1 is 0.926 bits per heavy atom. The number of aliphatic hydroxyl groups is 1. The molecule has 0 spiro atoms. The number of carboxylic acid groups (broad SMARTS) is 1. The second kappa shape index (κ2) is 16.0. The first-order valence-corrected chi connectivity index (χ1v) is 11.1. The number of hydrogen-bond acceptors (Lipinski definition) is 2. The highest BCUT2D eigenvalue weighted by atomic mass is 16.4. The summed E-state index contributed by atoms with van der Waals surface area (Å²) in [6.07, 6.45) is 18.0. The van der Waals surface area contributed by atoms with E-state index >= 15 is 0 Å². The van der Waals surface area contributed by atoms with Crippen LogP contribution >= 0.6 is 0 Å². The first-order valence-electron chi connectivity index (χ1n) is 11.1. The van der Waals surface area contributed by atoms with E-state index in [2.05, 4.69) is 12.2 Å². The van der Waals surface area contributed by atoms with Crippen molar-refractivity contribution in [3.63, 3.8) is 0 Å². The molecule has 1 amide bonds. The van der Waals surface area contributed by atoms with Gasteiger partial charge in [0.25, 0.3) is 0 Å². The van der Waals surface area contributed by atoms with Crippen LogP contribution in [-0.4, -0.2) is 28.5 Å². The number of unbranched alkanes of at least 4 members (excludes halogenated alkanes) is 11. The molecule has 0 aliphatic rings. The van der Waals surface area contributed by atoms with Crippen molar-refractivity contribution in [2.45, 2.75) is 123 Å². The number of amides is 1. The Labute approximate surface area is 167 Å². The van der Waals surface area contributed by atoms with Crippen molar-refractivity contribution < 1.29 is 15.0 Å². The molecule has 0 fully saturated rings. The summed E-state index contributed by atoms with van der Waals surface area (Å²) >= 11 is 0. The quantitative estimate of drug-likeness (QED) is 0.206. The Hall–Kier alpha value is -1.03. The summed E-state index contributed by atoms with van der Waals surface area (Å²) in [4.78, 5) is 10.9. The van der Waals surface area contributed by atoms with E-state index in [0.29, 0.717) is 6.42 Å². The van der Waals surface area contributed by atoms with Crippen molar-refractivity contribution in [1.82, 2.24) is 5.32 Å². The Balaban J connectivity index is 3.79. The Morgan fingerprint density at radius 2 is 1.41 bits per heavy atom. The van der Waals surface area contributed by atoms with Gasteiger partial charge in [-0.1, -0.05) is 104 Å². The molecule has 0 saturated carbocycles. The van der Waals surface area contributed by atoms with Crippen molar-refractivity contribution >= 4 is 6.09 Å². The number of nitrogens with one attached hydrogen (secondary N) is 1. The highest BCUT2D eigenvalue weighted by Crippen LogP contribution is 2.22. The van der Waals surface area contributed by atoms with Gasteiger partial charge in [-0.25, -0.2) is 4.79 Å². The van der Waals surface area contributed by atoms with E-state index in [9.17, 15) is 9.90 Å². The van der Waals surface area contributed by atoms with Crippen molar-refractivity contribution in [1.29, 1.82) is 0 Å². The Kier molecular flexibility index (Phi) is 15.4. The van der Waals surface area contributed by atoms with Gasteiger partial charge in [0, 0.05) is 0 Å². The maximum atomic E-state index is 10.9. The summed E-state index contributed by atoms with van der Waals surface area (Å²) in [5.41, 5.74) is -0.0437. The molecule has 4 heteroatoms. The highest BCUT2D eigenvalue weighted by molar-refractivity contribution is 5.65. The van der Waals surface area contributed by atoms with Crippen LogP contribution in [0.25, 0.3) is 0 Å². The van der Waals surface area contributed by atoms with Crippen LogP contribution in [-0.2, 0) is 0 Å². The van der Waals surface area contributed by atoms with Crippen molar-refractivity contribution in [2.24, 2.45) is 5.41 Å². The zero-order valence-corrected chi connectivity index (χ0v) is 18.3. The Bertz CT molecular complexity index is 388. The van der Waals surface area contributed by atoms with Gasteiger partial charge >= 0.3 is 6.09 Å². The fraction of sp³-hybridized carbons (Fsp3) is 0.870. The molecule has 27 heavy (non-hydrogen) atoms. The van der Waals surface area contributed by atoms with Crippen LogP contribution in [0.5, 0.6) is 0 Å². The van der Waals surface area contributed by atoms with Gasteiger partial charge in [0.2, 0.25) is 0 Å². The molecule has 2 atom stereocenters. The molecule has 0 aliphatic carbocycles. The van der Waals surface area contributed by atoms with Crippen LogP contribution in [0.2, 0.25) is 0 Å². The summed E-state index contributed by atoms with van der Waals surface area (Å²) < 4.78 is 0. The smallest absolute Gasteiger partial charge is 0.404 e. The van der Waals surface area contributed by atoms with Gasteiger partial charge in [-0.2, -0.15) is 0 Å². The van der Waals surface area contributed by atoms with Gasteiger partial charge in [0.05, 0.1) is 12.1 Å². The molecule has 0 aromatic carbocycles. The molecule has 0 radical (unpaired) electrons. The summed E-state index contributed by atoms with van der Waals surface area (Å²) in [6.45, 7) is 8.40. The molecular weight excluding hydrogens is 338 g/mol. The van der Waals surface area contributed by atoms with E-state index in [0.717, 1.165) is 12.8 Å². The minimum atomic E-state index is -1.08. The second-order valence-corrected chi connectivity index (χ2v) is 9.06. The molecule has 0 bridgehead atoms. The lowest BCUT2D eigenvalue weighted by Crippen LogP contribution is -2.44. The minimum Gasteiger partial charge on any atom is -0.465 e. The average molecular weight is 384 g/mol. The van der Waals surface area contributed by atoms with Crippen LogP contribution in [0, 0.1) is 5.41 Å². The van der Waals surface area contributed by atoms with Crippen LogP contribution < -0.4 is 5.32 Å².